The monoisotopic (exact) mass is 393 g/mol. The Labute approximate surface area is 169 Å². The average Bonchev–Trinajstić information content (AvgIpc) is 3.11. The predicted octanol–water partition coefficient (Wildman–Crippen LogP) is 4.30. The smallest absolute Gasteiger partial charge is 0.274 e. The number of carbonyl (C=O) groups excluding carboxylic acids is 1. The summed E-state index contributed by atoms with van der Waals surface area (Å²) in [6, 6.07) is 12.7. The molecule has 0 radical (unpaired) electrons. The number of methoxy groups -OCH3 is 1. The second-order valence-electron chi connectivity index (χ2n) is 7.49. The zero-order chi connectivity index (χ0) is 20.7. The molecule has 0 bridgehead atoms. The summed E-state index contributed by atoms with van der Waals surface area (Å²) in [5.74, 6) is 0.437. The molecule has 4 rings (SSSR count). The number of halogens is 1. The van der Waals surface area contributed by atoms with Crippen LogP contribution in [-0.4, -0.2) is 34.2 Å². The van der Waals surface area contributed by atoms with Gasteiger partial charge in [-0.15, -0.1) is 0 Å². The highest BCUT2D eigenvalue weighted by atomic mass is 19.1. The van der Waals surface area contributed by atoms with Gasteiger partial charge in [0.15, 0.2) is 5.69 Å². The van der Waals surface area contributed by atoms with Crippen molar-refractivity contribution < 1.29 is 13.9 Å². The maximum Gasteiger partial charge on any atom is 0.274 e. The van der Waals surface area contributed by atoms with E-state index in [4.69, 9.17) is 4.74 Å². The van der Waals surface area contributed by atoms with E-state index in [0.29, 0.717) is 17.8 Å². The van der Waals surface area contributed by atoms with Crippen molar-refractivity contribution in [2.75, 3.05) is 13.7 Å². The van der Waals surface area contributed by atoms with Gasteiger partial charge in [0.2, 0.25) is 0 Å². The normalized spacial score (nSPS) is 15.9. The van der Waals surface area contributed by atoms with Crippen molar-refractivity contribution in [3.63, 3.8) is 0 Å². The molecule has 0 spiro atoms. The van der Waals surface area contributed by atoms with Gasteiger partial charge in [-0.3, -0.25) is 9.48 Å². The van der Waals surface area contributed by atoms with Crippen molar-refractivity contribution in [3.8, 4) is 17.0 Å². The van der Waals surface area contributed by atoms with E-state index in [1.165, 1.54) is 11.6 Å². The summed E-state index contributed by atoms with van der Waals surface area (Å²) in [4.78, 5) is 15.1. The van der Waals surface area contributed by atoms with Crippen LogP contribution in [0.2, 0.25) is 0 Å². The first kappa shape index (κ1) is 19.2. The number of amides is 1. The van der Waals surface area contributed by atoms with E-state index in [-0.39, 0.29) is 17.8 Å². The third-order valence-corrected chi connectivity index (χ3v) is 5.71. The Kier molecular flexibility index (Phi) is 4.86. The summed E-state index contributed by atoms with van der Waals surface area (Å²) in [6.45, 7) is 4.39. The molecule has 1 aliphatic rings. The molecule has 29 heavy (non-hydrogen) atoms. The number of rotatable bonds is 3. The SMILES string of the molecule is COc1ccc2c(c1)C(C)N(C(=O)c1cc(-c3ccc(F)c(C)c3)n(C)n1)CC2. The Bertz CT molecular complexity index is 1090. The Morgan fingerprint density at radius 3 is 2.72 bits per heavy atom. The van der Waals surface area contributed by atoms with Gasteiger partial charge >= 0.3 is 0 Å². The minimum Gasteiger partial charge on any atom is -0.497 e. The number of benzene rings is 2. The largest absolute Gasteiger partial charge is 0.497 e. The quantitative estimate of drug-likeness (QED) is 0.666. The lowest BCUT2D eigenvalue weighted by Gasteiger charge is -2.35. The van der Waals surface area contributed by atoms with Crippen LogP contribution < -0.4 is 4.74 Å². The molecule has 6 heteroatoms. The van der Waals surface area contributed by atoms with Crippen LogP contribution >= 0.6 is 0 Å². The van der Waals surface area contributed by atoms with Crippen LogP contribution in [-0.2, 0) is 13.5 Å². The molecule has 0 aliphatic carbocycles. The highest BCUT2D eigenvalue weighted by molar-refractivity contribution is 5.94. The van der Waals surface area contributed by atoms with Crippen molar-refractivity contribution in [2.24, 2.45) is 7.05 Å². The maximum atomic E-state index is 13.6. The topological polar surface area (TPSA) is 47.4 Å². The lowest BCUT2D eigenvalue weighted by atomic mass is 9.93. The van der Waals surface area contributed by atoms with Crippen LogP contribution in [0.5, 0.6) is 5.75 Å². The number of ether oxygens (including phenoxy) is 1. The molecule has 0 saturated heterocycles. The molecule has 0 fully saturated rings. The minimum atomic E-state index is -0.247. The summed E-state index contributed by atoms with van der Waals surface area (Å²) in [5.41, 5.74) is 4.91. The summed E-state index contributed by atoms with van der Waals surface area (Å²) >= 11 is 0. The van der Waals surface area contributed by atoms with E-state index in [1.54, 1.807) is 44.0 Å². The summed E-state index contributed by atoms with van der Waals surface area (Å²) < 4.78 is 20.6. The molecule has 3 aromatic rings. The molecule has 0 N–H and O–H groups in total. The van der Waals surface area contributed by atoms with E-state index in [1.807, 2.05) is 24.0 Å². The van der Waals surface area contributed by atoms with Crippen LogP contribution in [0.15, 0.2) is 42.5 Å². The van der Waals surface area contributed by atoms with Gasteiger partial charge < -0.3 is 9.64 Å². The van der Waals surface area contributed by atoms with E-state index in [2.05, 4.69) is 11.2 Å². The number of fused-ring (bicyclic) bond motifs is 1. The minimum absolute atomic E-state index is 0.0696. The Morgan fingerprint density at radius 1 is 1.21 bits per heavy atom. The van der Waals surface area contributed by atoms with Gasteiger partial charge in [-0.25, -0.2) is 4.39 Å². The molecular weight excluding hydrogens is 369 g/mol. The molecule has 0 saturated carbocycles. The molecule has 5 nitrogen and oxygen atoms in total. The fourth-order valence-corrected chi connectivity index (χ4v) is 3.99. The Morgan fingerprint density at radius 2 is 2.00 bits per heavy atom. The second-order valence-corrected chi connectivity index (χ2v) is 7.49. The average molecular weight is 393 g/mol. The number of hydrogen-bond acceptors (Lipinski definition) is 3. The van der Waals surface area contributed by atoms with Crippen LogP contribution in [0.3, 0.4) is 0 Å². The van der Waals surface area contributed by atoms with Gasteiger partial charge in [-0.1, -0.05) is 6.07 Å². The van der Waals surface area contributed by atoms with E-state index < -0.39 is 0 Å². The molecule has 1 atom stereocenters. The molecular formula is C23H24FN3O2. The first-order valence-corrected chi connectivity index (χ1v) is 9.67. The van der Waals surface area contributed by atoms with Crippen molar-refractivity contribution in [1.29, 1.82) is 0 Å². The molecule has 1 amide bonds. The van der Waals surface area contributed by atoms with Gasteiger partial charge in [0, 0.05) is 19.2 Å². The van der Waals surface area contributed by atoms with Crippen molar-refractivity contribution in [2.45, 2.75) is 26.3 Å². The fourth-order valence-electron chi connectivity index (χ4n) is 3.99. The second kappa shape index (κ2) is 7.35. The molecule has 1 unspecified atom stereocenters. The highest BCUT2D eigenvalue weighted by Crippen LogP contribution is 2.33. The lowest BCUT2D eigenvalue weighted by molar-refractivity contribution is 0.0670. The molecule has 150 valence electrons. The first-order chi connectivity index (χ1) is 13.9. The van der Waals surface area contributed by atoms with E-state index in [0.717, 1.165) is 29.0 Å². The van der Waals surface area contributed by atoms with E-state index >= 15 is 0 Å². The highest BCUT2D eigenvalue weighted by Gasteiger charge is 2.30. The van der Waals surface area contributed by atoms with Crippen molar-refractivity contribution in [3.05, 3.63) is 70.7 Å². The number of aromatic nitrogens is 2. The van der Waals surface area contributed by atoms with Crippen molar-refractivity contribution in [1.82, 2.24) is 14.7 Å². The lowest BCUT2D eigenvalue weighted by Crippen LogP contribution is -2.39. The van der Waals surface area contributed by atoms with Gasteiger partial charge in [0.05, 0.1) is 18.8 Å². The van der Waals surface area contributed by atoms with E-state index in [9.17, 15) is 9.18 Å². The number of carbonyl (C=O) groups is 1. The first-order valence-electron chi connectivity index (χ1n) is 9.67. The standard InChI is InChI=1S/C23H24FN3O2/c1-14-11-17(6-8-20(14)24)22-13-21(25-26(22)3)23(28)27-10-9-16-5-7-18(29-4)12-19(16)15(27)2/h5-8,11-13,15H,9-10H2,1-4H3. The van der Waals surface area contributed by atoms with Gasteiger partial charge in [-0.2, -0.15) is 5.10 Å². The number of nitrogens with zero attached hydrogens (tertiary/aromatic N) is 3. The predicted molar refractivity (Wildman–Crippen MR) is 109 cm³/mol. The summed E-state index contributed by atoms with van der Waals surface area (Å²) in [6.07, 6.45) is 0.798. The van der Waals surface area contributed by atoms with Gasteiger partial charge in [0.1, 0.15) is 11.6 Å². The Balaban J connectivity index is 1.64. The summed E-state index contributed by atoms with van der Waals surface area (Å²) in [7, 11) is 3.44. The third-order valence-electron chi connectivity index (χ3n) is 5.71. The molecule has 1 aromatic heterocycles. The van der Waals surface area contributed by atoms with Gasteiger partial charge in [-0.05, 0) is 73.4 Å². The number of aryl methyl sites for hydroxylation is 2. The van der Waals surface area contributed by atoms with Crippen LogP contribution in [0.25, 0.3) is 11.3 Å². The summed E-state index contributed by atoms with van der Waals surface area (Å²) in [5, 5.41) is 4.45. The van der Waals surface area contributed by atoms with Crippen LogP contribution in [0.4, 0.5) is 4.39 Å². The zero-order valence-electron chi connectivity index (χ0n) is 17.1. The maximum absolute atomic E-state index is 13.6. The number of hydrogen-bond donors (Lipinski definition) is 0. The molecule has 2 aromatic carbocycles. The fraction of sp³-hybridized carbons (Fsp3) is 0.304. The van der Waals surface area contributed by atoms with Crippen molar-refractivity contribution >= 4 is 5.91 Å². The third kappa shape index (κ3) is 3.39. The van der Waals surface area contributed by atoms with Gasteiger partial charge in [0.25, 0.3) is 5.91 Å². The Hall–Kier alpha value is -3.15. The molecule has 2 heterocycles. The zero-order valence-corrected chi connectivity index (χ0v) is 17.1. The van der Waals surface area contributed by atoms with Crippen LogP contribution in [0.1, 0.15) is 40.1 Å². The van der Waals surface area contributed by atoms with Crippen LogP contribution in [0, 0.1) is 12.7 Å². The molecule has 1 aliphatic heterocycles.